The van der Waals surface area contributed by atoms with Gasteiger partial charge in [0.25, 0.3) is 0 Å². The number of tetrazole rings is 1. The molecule has 112 valence electrons. The van der Waals surface area contributed by atoms with E-state index < -0.39 is 0 Å². The molecule has 1 heterocycles. The van der Waals surface area contributed by atoms with Crippen molar-refractivity contribution >= 4 is 11.6 Å². The Morgan fingerprint density at radius 1 is 1.00 bits per heavy atom. The Morgan fingerprint density at radius 2 is 1.73 bits per heavy atom. The molecule has 0 saturated heterocycles. The highest BCUT2D eigenvalue weighted by Crippen LogP contribution is 2.17. The summed E-state index contributed by atoms with van der Waals surface area (Å²) in [7, 11) is 2.02. The molecule has 0 aliphatic rings. The molecule has 22 heavy (non-hydrogen) atoms. The Balaban J connectivity index is 1.74. The van der Waals surface area contributed by atoms with Gasteiger partial charge < -0.3 is 0 Å². The average Bonchev–Trinajstić information content (AvgIpc) is 2.98. The van der Waals surface area contributed by atoms with Gasteiger partial charge in [-0.3, -0.25) is 4.90 Å². The first-order valence-electron chi connectivity index (χ1n) is 6.98. The second-order valence-corrected chi connectivity index (χ2v) is 5.51. The first-order chi connectivity index (χ1) is 10.7. The van der Waals surface area contributed by atoms with Crippen LogP contribution in [-0.2, 0) is 13.1 Å². The van der Waals surface area contributed by atoms with Crippen LogP contribution in [0.4, 0.5) is 0 Å². The summed E-state index contributed by atoms with van der Waals surface area (Å²) in [5.41, 5.74) is 2.04. The second-order valence-electron chi connectivity index (χ2n) is 5.11. The number of hydrogen-bond donors (Lipinski definition) is 0. The molecule has 1 aromatic heterocycles. The highest BCUT2D eigenvalue weighted by molar-refractivity contribution is 6.31. The molecule has 3 rings (SSSR count). The number of hydrogen-bond acceptors (Lipinski definition) is 4. The van der Waals surface area contributed by atoms with Gasteiger partial charge in [0.2, 0.25) is 0 Å². The molecule has 0 atom stereocenters. The summed E-state index contributed by atoms with van der Waals surface area (Å²) in [6.45, 7) is 1.37. The lowest BCUT2D eigenvalue weighted by Crippen LogP contribution is -2.20. The summed E-state index contributed by atoms with van der Waals surface area (Å²) in [5.74, 6) is 0.792. The lowest BCUT2D eigenvalue weighted by atomic mass is 10.2. The van der Waals surface area contributed by atoms with Crippen LogP contribution < -0.4 is 0 Å². The normalized spacial score (nSPS) is 11.0. The van der Waals surface area contributed by atoms with E-state index in [9.17, 15) is 0 Å². The lowest BCUT2D eigenvalue weighted by Gasteiger charge is -2.16. The van der Waals surface area contributed by atoms with Crippen molar-refractivity contribution in [1.29, 1.82) is 0 Å². The van der Waals surface area contributed by atoms with E-state index in [1.807, 2.05) is 61.6 Å². The molecule has 0 aliphatic heterocycles. The number of para-hydroxylation sites is 1. The first kappa shape index (κ1) is 14.7. The van der Waals surface area contributed by atoms with E-state index in [1.54, 1.807) is 4.68 Å². The Labute approximate surface area is 134 Å². The maximum atomic E-state index is 6.21. The quantitative estimate of drug-likeness (QED) is 0.726. The number of halogens is 1. The third-order valence-corrected chi connectivity index (χ3v) is 3.71. The smallest absolute Gasteiger partial charge is 0.170 e. The van der Waals surface area contributed by atoms with Crippen molar-refractivity contribution in [2.24, 2.45) is 0 Å². The molecular formula is C16H16ClN5. The average molecular weight is 314 g/mol. The zero-order chi connectivity index (χ0) is 15.4. The maximum Gasteiger partial charge on any atom is 0.170 e. The third kappa shape index (κ3) is 3.32. The second kappa shape index (κ2) is 6.68. The van der Waals surface area contributed by atoms with Crippen LogP contribution in [0.5, 0.6) is 0 Å². The van der Waals surface area contributed by atoms with Gasteiger partial charge >= 0.3 is 0 Å². The van der Waals surface area contributed by atoms with Crippen LogP contribution in [0, 0.1) is 0 Å². The van der Waals surface area contributed by atoms with Crippen molar-refractivity contribution in [3.05, 3.63) is 71.0 Å². The number of benzene rings is 2. The molecule has 3 aromatic rings. The standard InChI is InChI=1S/C16H16ClN5/c1-21(11-13-7-5-6-10-15(13)17)12-16-18-19-20-22(16)14-8-3-2-4-9-14/h2-10H,11-12H2,1H3. The van der Waals surface area contributed by atoms with Gasteiger partial charge in [0, 0.05) is 11.6 Å². The molecule has 0 spiro atoms. The number of rotatable bonds is 5. The maximum absolute atomic E-state index is 6.21. The van der Waals surface area contributed by atoms with Crippen LogP contribution in [0.25, 0.3) is 5.69 Å². The van der Waals surface area contributed by atoms with Gasteiger partial charge in [-0.15, -0.1) is 5.10 Å². The zero-order valence-electron chi connectivity index (χ0n) is 12.2. The zero-order valence-corrected chi connectivity index (χ0v) is 13.0. The fourth-order valence-corrected chi connectivity index (χ4v) is 2.48. The van der Waals surface area contributed by atoms with E-state index in [-0.39, 0.29) is 0 Å². The van der Waals surface area contributed by atoms with Crippen molar-refractivity contribution in [3.8, 4) is 5.69 Å². The number of nitrogens with zero attached hydrogens (tertiary/aromatic N) is 5. The van der Waals surface area contributed by atoms with Crippen LogP contribution in [0.15, 0.2) is 54.6 Å². The molecule has 0 aliphatic carbocycles. The van der Waals surface area contributed by atoms with E-state index in [4.69, 9.17) is 11.6 Å². The van der Waals surface area contributed by atoms with Crippen molar-refractivity contribution in [1.82, 2.24) is 25.1 Å². The SMILES string of the molecule is CN(Cc1ccccc1Cl)Cc1nnnn1-c1ccccc1. The Morgan fingerprint density at radius 3 is 2.50 bits per heavy atom. The number of aromatic nitrogens is 4. The topological polar surface area (TPSA) is 46.8 Å². The summed E-state index contributed by atoms with van der Waals surface area (Å²) in [4.78, 5) is 2.13. The van der Waals surface area contributed by atoms with E-state index in [2.05, 4.69) is 20.4 Å². The molecule has 0 saturated carbocycles. The summed E-state index contributed by atoms with van der Waals surface area (Å²) in [6.07, 6.45) is 0. The summed E-state index contributed by atoms with van der Waals surface area (Å²) < 4.78 is 1.75. The van der Waals surface area contributed by atoms with E-state index in [1.165, 1.54) is 0 Å². The van der Waals surface area contributed by atoms with E-state index in [0.29, 0.717) is 6.54 Å². The molecule has 5 nitrogen and oxygen atoms in total. The van der Waals surface area contributed by atoms with Gasteiger partial charge in [0.1, 0.15) is 0 Å². The molecule has 0 radical (unpaired) electrons. The van der Waals surface area contributed by atoms with Crippen LogP contribution >= 0.6 is 11.6 Å². The molecule has 6 heteroatoms. The molecule has 0 bridgehead atoms. The van der Waals surface area contributed by atoms with E-state index in [0.717, 1.165) is 28.6 Å². The van der Waals surface area contributed by atoms with E-state index >= 15 is 0 Å². The molecular weight excluding hydrogens is 298 g/mol. The van der Waals surface area contributed by atoms with Gasteiger partial charge in [-0.25, -0.2) is 0 Å². The van der Waals surface area contributed by atoms with Crippen molar-refractivity contribution in [3.63, 3.8) is 0 Å². The van der Waals surface area contributed by atoms with Gasteiger partial charge in [-0.1, -0.05) is 48.0 Å². The van der Waals surface area contributed by atoms with Crippen LogP contribution in [0.3, 0.4) is 0 Å². The minimum absolute atomic E-state index is 0.632. The summed E-state index contributed by atoms with van der Waals surface area (Å²) in [6, 6.07) is 17.7. The van der Waals surface area contributed by atoms with Crippen molar-refractivity contribution in [2.75, 3.05) is 7.05 Å². The first-order valence-corrected chi connectivity index (χ1v) is 7.36. The highest BCUT2D eigenvalue weighted by atomic mass is 35.5. The molecule has 0 fully saturated rings. The van der Waals surface area contributed by atoms with Crippen LogP contribution in [0.1, 0.15) is 11.4 Å². The summed E-state index contributed by atoms with van der Waals surface area (Å²) >= 11 is 6.21. The molecule has 0 N–H and O–H groups in total. The minimum Gasteiger partial charge on any atom is -0.295 e. The predicted octanol–water partition coefficient (Wildman–Crippen LogP) is 2.95. The molecule has 2 aromatic carbocycles. The Kier molecular flexibility index (Phi) is 4.46. The Hall–Kier alpha value is -2.24. The van der Waals surface area contributed by atoms with Gasteiger partial charge in [0.05, 0.1) is 12.2 Å². The van der Waals surface area contributed by atoms with Gasteiger partial charge in [0.15, 0.2) is 5.82 Å². The van der Waals surface area contributed by atoms with Crippen molar-refractivity contribution in [2.45, 2.75) is 13.1 Å². The fraction of sp³-hybridized carbons (Fsp3) is 0.188. The lowest BCUT2D eigenvalue weighted by molar-refractivity contribution is 0.307. The largest absolute Gasteiger partial charge is 0.295 e. The molecule has 0 unspecified atom stereocenters. The monoisotopic (exact) mass is 313 g/mol. The third-order valence-electron chi connectivity index (χ3n) is 3.34. The van der Waals surface area contributed by atoms with Crippen LogP contribution in [-0.4, -0.2) is 32.2 Å². The Bertz CT molecular complexity index is 741. The van der Waals surface area contributed by atoms with Gasteiger partial charge in [-0.05, 0) is 41.2 Å². The molecule has 0 amide bonds. The highest BCUT2D eigenvalue weighted by Gasteiger charge is 2.11. The van der Waals surface area contributed by atoms with Crippen molar-refractivity contribution < 1.29 is 0 Å². The minimum atomic E-state index is 0.632. The summed E-state index contributed by atoms with van der Waals surface area (Å²) in [5, 5.41) is 12.8. The predicted molar refractivity (Wildman–Crippen MR) is 85.8 cm³/mol. The fourth-order valence-electron chi connectivity index (χ4n) is 2.29. The van der Waals surface area contributed by atoms with Gasteiger partial charge in [-0.2, -0.15) is 4.68 Å². The van der Waals surface area contributed by atoms with Crippen LogP contribution in [0.2, 0.25) is 5.02 Å².